The van der Waals surface area contributed by atoms with Gasteiger partial charge in [-0.1, -0.05) is 43.3 Å². The summed E-state index contributed by atoms with van der Waals surface area (Å²) in [5, 5.41) is 7.86. The molecule has 1 atom stereocenters. The van der Waals surface area contributed by atoms with Gasteiger partial charge in [-0.2, -0.15) is 10.1 Å². The lowest BCUT2D eigenvalue weighted by Crippen LogP contribution is -2.29. The molecular formula is C22H21N3O2S2. The summed E-state index contributed by atoms with van der Waals surface area (Å²) in [7, 11) is 1.65. The number of ether oxygens (including phenoxy) is 1. The Labute approximate surface area is 178 Å². The Balaban J connectivity index is 1.54. The topological polar surface area (TPSA) is 54.8 Å². The van der Waals surface area contributed by atoms with Crippen molar-refractivity contribution in [2.75, 3.05) is 12.1 Å². The summed E-state index contributed by atoms with van der Waals surface area (Å²) < 4.78 is 6.08. The van der Waals surface area contributed by atoms with Crippen molar-refractivity contribution in [2.45, 2.75) is 29.4 Å². The van der Waals surface area contributed by atoms with Crippen LogP contribution in [-0.4, -0.2) is 29.0 Å². The monoisotopic (exact) mass is 423 g/mol. The van der Waals surface area contributed by atoms with Crippen molar-refractivity contribution >= 4 is 40.4 Å². The molecule has 1 aliphatic heterocycles. The van der Waals surface area contributed by atoms with Gasteiger partial charge in [0.1, 0.15) is 11.0 Å². The predicted octanol–water partition coefficient (Wildman–Crippen LogP) is 5.48. The van der Waals surface area contributed by atoms with Gasteiger partial charge in [0.05, 0.1) is 24.2 Å². The lowest BCUT2D eigenvalue weighted by atomic mass is 10.1. The Hall–Kier alpha value is -2.64. The zero-order valence-corrected chi connectivity index (χ0v) is 17.9. The number of anilines is 1. The number of hydrogen-bond acceptors (Lipinski definition) is 6. The Morgan fingerprint density at radius 1 is 1.14 bits per heavy atom. The molecule has 0 aliphatic carbocycles. The van der Waals surface area contributed by atoms with Crippen molar-refractivity contribution in [3.8, 4) is 17.0 Å². The molecule has 0 saturated heterocycles. The maximum Gasteiger partial charge on any atom is 0.266 e. The number of amides is 1. The lowest BCUT2D eigenvalue weighted by molar-refractivity contribution is -0.116. The van der Waals surface area contributed by atoms with Gasteiger partial charge >= 0.3 is 0 Å². The number of methoxy groups -OCH3 is 1. The standard InChI is InChI=1S/C22H21N3O2S2/c1-3-7-18-20(21(26)25(24-18)16-8-5-4-6-9-16)29-22-23-19(14-28-22)15-10-12-17(27-2)13-11-15/h4-6,8-14,20H,3,7H2,1-2H3. The predicted molar refractivity (Wildman–Crippen MR) is 120 cm³/mol. The van der Waals surface area contributed by atoms with Crippen LogP contribution in [0, 0.1) is 0 Å². The molecule has 5 nitrogen and oxygen atoms in total. The molecule has 29 heavy (non-hydrogen) atoms. The van der Waals surface area contributed by atoms with Crippen molar-refractivity contribution in [3.63, 3.8) is 0 Å². The molecule has 0 spiro atoms. The second kappa shape index (κ2) is 8.80. The average molecular weight is 424 g/mol. The third-order valence-electron chi connectivity index (χ3n) is 4.56. The number of nitrogens with zero attached hydrogens (tertiary/aromatic N) is 3. The van der Waals surface area contributed by atoms with Gasteiger partial charge in [0.15, 0.2) is 4.34 Å². The number of carbonyl (C=O) groups excluding carboxylic acids is 1. The first-order valence-corrected chi connectivity index (χ1v) is 11.2. The molecule has 0 bridgehead atoms. The Morgan fingerprint density at radius 2 is 1.90 bits per heavy atom. The highest BCUT2D eigenvalue weighted by atomic mass is 32.2. The SMILES string of the molecule is CCCC1=NN(c2ccccc2)C(=O)C1Sc1nc(-c2ccc(OC)cc2)cs1. The summed E-state index contributed by atoms with van der Waals surface area (Å²) in [6.07, 6.45) is 1.74. The molecule has 0 N–H and O–H groups in total. The first-order chi connectivity index (χ1) is 14.2. The third kappa shape index (κ3) is 4.21. The Morgan fingerprint density at radius 3 is 2.59 bits per heavy atom. The van der Waals surface area contributed by atoms with Crippen LogP contribution in [0.25, 0.3) is 11.3 Å². The lowest BCUT2D eigenvalue weighted by Gasteiger charge is -2.13. The van der Waals surface area contributed by atoms with E-state index < -0.39 is 0 Å². The van der Waals surface area contributed by atoms with E-state index >= 15 is 0 Å². The molecule has 1 unspecified atom stereocenters. The van der Waals surface area contributed by atoms with E-state index in [-0.39, 0.29) is 11.2 Å². The van der Waals surface area contributed by atoms with Crippen LogP contribution in [0.1, 0.15) is 19.8 Å². The van der Waals surface area contributed by atoms with Crippen LogP contribution in [-0.2, 0) is 4.79 Å². The van der Waals surface area contributed by atoms with Crippen LogP contribution in [0.15, 0.2) is 69.4 Å². The molecule has 2 aromatic carbocycles. The summed E-state index contributed by atoms with van der Waals surface area (Å²) in [5.74, 6) is 0.808. The highest BCUT2D eigenvalue weighted by Gasteiger charge is 2.37. The van der Waals surface area contributed by atoms with Gasteiger partial charge in [-0.05, 0) is 42.8 Å². The van der Waals surface area contributed by atoms with Crippen molar-refractivity contribution in [1.29, 1.82) is 0 Å². The van der Waals surface area contributed by atoms with Crippen LogP contribution >= 0.6 is 23.1 Å². The molecule has 0 radical (unpaired) electrons. The zero-order chi connectivity index (χ0) is 20.2. The fourth-order valence-corrected chi connectivity index (χ4v) is 5.16. The first kappa shape index (κ1) is 19.7. The molecule has 4 rings (SSSR count). The van der Waals surface area contributed by atoms with Gasteiger partial charge in [-0.15, -0.1) is 11.3 Å². The van der Waals surface area contributed by atoms with Crippen LogP contribution in [0.5, 0.6) is 5.75 Å². The maximum atomic E-state index is 13.1. The fraction of sp³-hybridized carbons (Fsp3) is 0.227. The van der Waals surface area contributed by atoms with Crippen LogP contribution in [0.2, 0.25) is 0 Å². The number of hydrogen-bond donors (Lipinski definition) is 0. The van der Waals surface area contributed by atoms with Gasteiger partial charge in [0.25, 0.3) is 5.91 Å². The van der Waals surface area contributed by atoms with E-state index in [2.05, 4.69) is 12.0 Å². The van der Waals surface area contributed by atoms with E-state index in [0.29, 0.717) is 0 Å². The number of aromatic nitrogens is 1. The highest BCUT2D eigenvalue weighted by molar-refractivity contribution is 8.03. The summed E-state index contributed by atoms with van der Waals surface area (Å²) in [5.41, 5.74) is 3.64. The van der Waals surface area contributed by atoms with E-state index in [9.17, 15) is 4.79 Å². The third-order valence-corrected chi connectivity index (χ3v) is 6.77. The Bertz CT molecular complexity index is 1020. The highest BCUT2D eigenvalue weighted by Crippen LogP contribution is 2.36. The van der Waals surface area contributed by atoms with E-state index in [1.807, 2.05) is 60.0 Å². The van der Waals surface area contributed by atoms with Gasteiger partial charge in [0.2, 0.25) is 0 Å². The van der Waals surface area contributed by atoms with E-state index in [0.717, 1.165) is 45.6 Å². The number of carbonyl (C=O) groups is 1. The first-order valence-electron chi connectivity index (χ1n) is 9.42. The van der Waals surface area contributed by atoms with Gasteiger partial charge < -0.3 is 4.74 Å². The van der Waals surface area contributed by atoms with Crippen molar-refractivity contribution < 1.29 is 9.53 Å². The second-order valence-corrected chi connectivity index (χ2v) is 8.76. The van der Waals surface area contributed by atoms with Gasteiger partial charge in [-0.3, -0.25) is 4.79 Å². The van der Waals surface area contributed by atoms with Gasteiger partial charge in [-0.25, -0.2) is 4.98 Å². The second-order valence-electron chi connectivity index (χ2n) is 6.55. The average Bonchev–Trinajstić information content (AvgIpc) is 3.35. The normalized spacial score (nSPS) is 16.2. The fourth-order valence-electron chi connectivity index (χ4n) is 3.10. The summed E-state index contributed by atoms with van der Waals surface area (Å²) in [6.45, 7) is 2.10. The van der Waals surface area contributed by atoms with Crippen molar-refractivity contribution in [1.82, 2.24) is 4.98 Å². The summed E-state index contributed by atoms with van der Waals surface area (Å²) in [4.78, 5) is 17.8. The van der Waals surface area contributed by atoms with Crippen LogP contribution in [0.3, 0.4) is 0 Å². The minimum atomic E-state index is -0.329. The summed E-state index contributed by atoms with van der Waals surface area (Å²) in [6, 6.07) is 17.4. The zero-order valence-electron chi connectivity index (χ0n) is 16.2. The molecule has 0 fully saturated rings. The molecule has 1 aliphatic rings. The number of thiazole rings is 1. The number of para-hydroxylation sites is 1. The quantitative estimate of drug-likeness (QED) is 0.505. The molecular weight excluding hydrogens is 402 g/mol. The molecule has 3 aromatic rings. The molecule has 1 aromatic heterocycles. The van der Waals surface area contributed by atoms with E-state index in [1.165, 1.54) is 16.8 Å². The number of hydrazone groups is 1. The number of benzene rings is 2. The van der Waals surface area contributed by atoms with Crippen LogP contribution < -0.4 is 9.75 Å². The number of thioether (sulfide) groups is 1. The molecule has 0 saturated carbocycles. The van der Waals surface area contributed by atoms with Crippen molar-refractivity contribution in [2.24, 2.45) is 5.10 Å². The largest absolute Gasteiger partial charge is 0.497 e. The molecule has 148 valence electrons. The Kier molecular flexibility index (Phi) is 5.97. The molecule has 7 heteroatoms. The van der Waals surface area contributed by atoms with Gasteiger partial charge in [0, 0.05) is 10.9 Å². The summed E-state index contributed by atoms with van der Waals surface area (Å²) >= 11 is 3.04. The number of rotatable bonds is 7. The molecule has 2 heterocycles. The van der Waals surface area contributed by atoms with Crippen molar-refractivity contribution in [3.05, 3.63) is 60.0 Å². The van der Waals surface area contributed by atoms with E-state index in [1.54, 1.807) is 18.4 Å². The maximum absolute atomic E-state index is 13.1. The van der Waals surface area contributed by atoms with Crippen LogP contribution in [0.4, 0.5) is 5.69 Å². The molecule has 1 amide bonds. The minimum Gasteiger partial charge on any atom is -0.497 e. The smallest absolute Gasteiger partial charge is 0.266 e. The minimum absolute atomic E-state index is 0.00847. The van der Waals surface area contributed by atoms with E-state index in [4.69, 9.17) is 9.72 Å².